The SMILES string of the molecule is OB(O)c1cc(C(F)(F)F)c(B(O)O)c2nonc12. The highest BCUT2D eigenvalue weighted by Crippen LogP contribution is 2.29. The molecule has 1 heterocycles. The van der Waals surface area contributed by atoms with Gasteiger partial charge in [-0.1, -0.05) is 10.3 Å². The van der Waals surface area contributed by atoms with Crippen LogP contribution >= 0.6 is 0 Å². The molecule has 1 aromatic heterocycles. The Bertz CT molecular complexity index is 615. The Labute approximate surface area is 103 Å². The van der Waals surface area contributed by atoms with Crippen LogP contribution < -0.4 is 10.9 Å². The van der Waals surface area contributed by atoms with Crippen molar-refractivity contribution in [2.45, 2.75) is 6.18 Å². The number of benzene rings is 1. The van der Waals surface area contributed by atoms with Crippen molar-refractivity contribution in [1.29, 1.82) is 0 Å². The minimum Gasteiger partial charge on any atom is -0.423 e. The molecule has 0 radical (unpaired) electrons. The predicted molar refractivity (Wildman–Crippen MR) is 56.5 cm³/mol. The van der Waals surface area contributed by atoms with Crippen LogP contribution in [0.2, 0.25) is 0 Å². The first-order chi connectivity index (χ1) is 8.73. The summed E-state index contributed by atoms with van der Waals surface area (Å²) in [5.74, 6) is 0. The smallest absolute Gasteiger partial charge is 0.423 e. The highest BCUT2D eigenvalue weighted by molar-refractivity contribution is 6.66. The number of alkyl halides is 3. The van der Waals surface area contributed by atoms with Crippen LogP contribution in [-0.2, 0) is 6.18 Å². The van der Waals surface area contributed by atoms with E-state index in [1.54, 1.807) is 0 Å². The molecular formula is C7H5B2F3N2O5. The van der Waals surface area contributed by atoms with Crippen LogP contribution in [0.15, 0.2) is 10.7 Å². The molecule has 0 aliphatic carbocycles. The van der Waals surface area contributed by atoms with Crippen molar-refractivity contribution in [3.8, 4) is 0 Å². The maximum atomic E-state index is 12.8. The quantitative estimate of drug-likeness (QED) is 0.451. The molecule has 100 valence electrons. The Morgan fingerprint density at radius 2 is 1.58 bits per heavy atom. The van der Waals surface area contributed by atoms with Crippen molar-refractivity contribution >= 4 is 36.2 Å². The lowest BCUT2D eigenvalue weighted by Crippen LogP contribution is -2.41. The van der Waals surface area contributed by atoms with Gasteiger partial charge in [0.05, 0.1) is 5.56 Å². The van der Waals surface area contributed by atoms with E-state index in [9.17, 15) is 13.2 Å². The molecule has 0 saturated heterocycles. The maximum absolute atomic E-state index is 12.8. The van der Waals surface area contributed by atoms with Crippen LogP contribution in [0.1, 0.15) is 5.56 Å². The lowest BCUT2D eigenvalue weighted by molar-refractivity contribution is -0.136. The normalized spacial score (nSPS) is 11.9. The van der Waals surface area contributed by atoms with Crippen LogP contribution in [0.4, 0.5) is 13.2 Å². The highest BCUT2D eigenvalue weighted by atomic mass is 19.4. The average molecular weight is 276 g/mol. The lowest BCUT2D eigenvalue weighted by Gasteiger charge is -2.14. The Hall–Kier alpha value is -1.62. The summed E-state index contributed by atoms with van der Waals surface area (Å²) in [6, 6.07) is 0.353. The first kappa shape index (κ1) is 13.8. The number of rotatable bonds is 2. The molecule has 0 unspecified atom stereocenters. The fraction of sp³-hybridized carbons (Fsp3) is 0.143. The topological polar surface area (TPSA) is 120 Å². The molecule has 0 aliphatic heterocycles. The Morgan fingerprint density at radius 1 is 1.00 bits per heavy atom. The van der Waals surface area contributed by atoms with Crippen LogP contribution in [0.5, 0.6) is 0 Å². The number of fused-ring (bicyclic) bond motifs is 1. The molecule has 0 aliphatic rings. The molecular weight excluding hydrogens is 271 g/mol. The number of halogens is 3. The van der Waals surface area contributed by atoms with Crippen LogP contribution in [0.3, 0.4) is 0 Å². The summed E-state index contributed by atoms with van der Waals surface area (Å²) in [5, 5.41) is 42.4. The van der Waals surface area contributed by atoms with Gasteiger partial charge in [-0.3, -0.25) is 0 Å². The molecule has 7 nitrogen and oxygen atoms in total. The third-order valence-corrected chi connectivity index (χ3v) is 2.45. The monoisotopic (exact) mass is 276 g/mol. The molecule has 19 heavy (non-hydrogen) atoms. The summed E-state index contributed by atoms with van der Waals surface area (Å²) >= 11 is 0. The van der Waals surface area contributed by atoms with Gasteiger partial charge in [0.15, 0.2) is 0 Å². The highest BCUT2D eigenvalue weighted by Gasteiger charge is 2.40. The van der Waals surface area contributed by atoms with E-state index in [0.717, 1.165) is 0 Å². The second kappa shape index (κ2) is 4.49. The number of nitrogens with zero attached hydrogens (tertiary/aromatic N) is 2. The molecule has 2 aromatic rings. The van der Waals surface area contributed by atoms with Gasteiger partial charge < -0.3 is 20.1 Å². The summed E-state index contributed by atoms with van der Waals surface area (Å²) in [6.45, 7) is 0. The van der Waals surface area contributed by atoms with Crippen molar-refractivity contribution in [1.82, 2.24) is 10.3 Å². The van der Waals surface area contributed by atoms with E-state index in [1.165, 1.54) is 0 Å². The van der Waals surface area contributed by atoms with Crippen molar-refractivity contribution < 1.29 is 37.9 Å². The standard InChI is InChI=1S/C7H5B2F3N2O5/c10-7(11,12)2-1-3(8(15)16)5-6(14-19-13-5)4(2)9(17)18/h1,15-18H. The predicted octanol–water partition coefficient (Wildman–Crippen LogP) is -2.40. The zero-order valence-corrected chi connectivity index (χ0v) is 8.96. The summed E-state index contributed by atoms with van der Waals surface area (Å²) in [4.78, 5) is 0. The maximum Gasteiger partial charge on any atom is 0.491 e. The van der Waals surface area contributed by atoms with Gasteiger partial charge in [0.2, 0.25) is 0 Å². The first-order valence-corrected chi connectivity index (χ1v) is 4.82. The Morgan fingerprint density at radius 3 is 2.05 bits per heavy atom. The minimum atomic E-state index is -4.95. The molecule has 0 spiro atoms. The second-order valence-corrected chi connectivity index (χ2v) is 3.63. The number of hydrogen-bond acceptors (Lipinski definition) is 7. The molecule has 2 rings (SSSR count). The molecule has 0 saturated carbocycles. The van der Waals surface area contributed by atoms with Crippen LogP contribution in [0.25, 0.3) is 11.0 Å². The van der Waals surface area contributed by atoms with E-state index in [1.807, 2.05) is 0 Å². The second-order valence-electron chi connectivity index (χ2n) is 3.63. The van der Waals surface area contributed by atoms with Gasteiger partial charge >= 0.3 is 20.4 Å². The van der Waals surface area contributed by atoms with Gasteiger partial charge in [-0.25, -0.2) is 4.63 Å². The van der Waals surface area contributed by atoms with E-state index in [2.05, 4.69) is 14.9 Å². The van der Waals surface area contributed by atoms with Crippen molar-refractivity contribution in [2.24, 2.45) is 0 Å². The zero-order valence-electron chi connectivity index (χ0n) is 8.96. The summed E-state index contributed by atoms with van der Waals surface area (Å²) < 4.78 is 42.7. The Kier molecular flexibility index (Phi) is 3.26. The zero-order chi connectivity index (χ0) is 14.4. The van der Waals surface area contributed by atoms with E-state index in [0.29, 0.717) is 6.07 Å². The minimum absolute atomic E-state index is 0.353. The van der Waals surface area contributed by atoms with Gasteiger partial charge in [0, 0.05) is 10.9 Å². The fourth-order valence-corrected chi connectivity index (χ4v) is 1.68. The van der Waals surface area contributed by atoms with E-state index in [-0.39, 0.29) is 0 Å². The summed E-state index contributed by atoms with van der Waals surface area (Å²) in [5.41, 5.74) is -4.03. The third kappa shape index (κ3) is 2.30. The number of aromatic nitrogens is 2. The molecule has 0 amide bonds. The van der Waals surface area contributed by atoms with Crippen molar-refractivity contribution in [3.63, 3.8) is 0 Å². The first-order valence-electron chi connectivity index (χ1n) is 4.82. The van der Waals surface area contributed by atoms with Gasteiger partial charge in [-0.15, -0.1) is 0 Å². The lowest BCUT2D eigenvalue weighted by atomic mass is 9.70. The molecule has 0 bridgehead atoms. The number of hydrogen-bond donors (Lipinski definition) is 4. The fourth-order valence-electron chi connectivity index (χ4n) is 1.68. The van der Waals surface area contributed by atoms with Gasteiger partial charge in [-0.05, 0) is 6.07 Å². The van der Waals surface area contributed by atoms with Crippen LogP contribution in [-0.4, -0.2) is 44.6 Å². The van der Waals surface area contributed by atoms with E-state index >= 15 is 0 Å². The molecule has 12 heteroatoms. The molecule has 0 atom stereocenters. The van der Waals surface area contributed by atoms with Gasteiger partial charge in [-0.2, -0.15) is 13.2 Å². The molecule has 1 aromatic carbocycles. The van der Waals surface area contributed by atoms with Gasteiger partial charge in [0.25, 0.3) is 0 Å². The molecule has 4 N–H and O–H groups in total. The van der Waals surface area contributed by atoms with Crippen molar-refractivity contribution in [2.75, 3.05) is 0 Å². The average Bonchev–Trinajstić information content (AvgIpc) is 2.72. The summed E-state index contributed by atoms with van der Waals surface area (Å²) in [7, 11) is -4.73. The van der Waals surface area contributed by atoms with E-state index < -0.39 is 47.9 Å². The molecule has 0 fully saturated rings. The largest absolute Gasteiger partial charge is 0.491 e. The van der Waals surface area contributed by atoms with E-state index in [4.69, 9.17) is 20.1 Å². The van der Waals surface area contributed by atoms with Crippen LogP contribution in [0, 0.1) is 0 Å². The third-order valence-electron chi connectivity index (χ3n) is 2.45. The van der Waals surface area contributed by atoms with Gasteiger partial charge in [0.1, 0.15) is 11.0 Å². The Balaban J connectivity index is 2.89. The van der Waals surface area contributed by atoms with Crippen molar-refractivity contribution in [3.05, 3.63) is 11.6 Å². The summed E-state index contributed by atoms with van der Waals surface area (Å²) in [6.07, 6.45) is -4.95.